The second kappa shape index (κ2) is 6.30. The number of anilines is 2. The van der Waals surface area contributed by atoms with Crippen LogP contribution in [0.2, 0.25) is 0 Å². The standard InChI is InChI=1S/C17H19N3O2/c1-10-7-11(2)15(12(3)8-10)20-16(21)13-5-4-6-14(9-13)19-17(18)22/h4-9H,1-3H3,(H,20,21)(H3,18,19,22). The van der Waals surface area contributed by atoms with Gasteiger partial charge in [0.15, 0.2) is 0 Å². The summed E-state index contributed by atoms with van der Waals surface area (Å²) in [5.41, 5.74) is 10.00. The lowest BCUT2D eigenvalue weighted by Gasteiger charge is -2.13. The third-order valence-electron chi connectivity index (χ3n) is 3.31. The highest BCUT2D eigenvalue weighted by molar-refractivity contribution is 6.06. The molecular weight excluding hydrogens is 278 g/mol. The number of carbonyl (C=O) groups excluding carboxylic acids is 2. The molecule has 5 heteroatoms. The lowest BCUT2D eigenvalue weighted by atomic mass is 10.0. The average molecular weight is 297 g/mol. The maximum absolute atomic E-state index is 12.4. The molecule has 0 radical (unpaired) electrons. The number of urea groups is 1. The predicted octanol–water partition coefficient (Wildman–Crippen LogP) is 3.35. The minimum Gasteiger partial charge on any atom is -0.351 e. The van der Waals surface area contributed by atoms with E-state index in [1.54, 1.807) is 24.3 Å². The van der Waals surface area contributed by atoms with Crippen molar-refractivity contribution in [2.45, 2.75) is 20.8 Å². The molecule has 4 N–H and O–H groups in total. The smallest absolute Gasteiger partial charge is 0.316 e. The molecule has 0 spiro atoms. The van der Waals surface area contributed by atoms with Gasteiger partial charge in [0.1, 0.15) is 0 Å². The van der Waals surface area contributed by atoms with Crippen molar-refractivity contribution >= 4 is 23.3 Å². The molecule has 0 aliphatic carbocycles. The molecule has 0 bridgehead atoms. The van der Waals surface area contributed by atoms with E-state index in [0.717, 1.165) is 22.4 Å². The second-order valence-electron chi connectivity index (χ2n) is 5.30. The molecule has 0 aliphatic heterocycles. The summed E-state index contributed by atoms with van der Waals surface area (Å²) in [5, 5.41) is 5.37. The maximum Gasteiger partial charge on any atom is 0.316 e. The Kier molecular flexibility index (Phi) is 4.46. The topological polar surface area (TPSA) is 84.2 Å². The lowest BCUT2D eigenvalue weighted by Crippen LogP contribution is -2.20. The van der Waals surface area contributed by atoms with Gasteiger partial charge in [-0.15, -0.1) is 0 Å². The van der Waals surface area contributed by atoms with Crippen molar-refractivity contribution in [1.82, 2.24) is 0 Å². The van der Waals surface area contributed by atoms with Crippen molar-refractivity contribution in [3.8, 4) is 0 Å². The number of nitrogens with two attached hydrogens (primary N) is 1. The molecule has 0 heterocycles. The summed E-state index contributed by atoms with van der Waals surface area (Å²) in [6.45, 7) is 5.94. The molecule has 2 rings (SSSR count). The first kappa shape index (κ1) is 15.6. The first-order valence-electron chi connectivity index (χ1n) is 6.92. The van der Waals surface area contributed by atoms with Gasteiger partial charge in [0, 0.05) is 16.9 Å². The van der Waals surface area contributed by atoms with Gasteiger partial charge in [0.2, 0.25) is 0 Å². The Balaban J connectivity index is 2.25. The molecule has 3 amide bonds. The number of hydrogen-bond acceptors (Lipinski definition) is 2. The highest BCUT2D eigenvalue weighted by atomic mass is 16.2. The zero-order chi connectivity index (χ0) is 16.3. The Morgan fingerprint density at radius 1 is 0.955 bits per heavy atom. The van der Waals surface area contributed by atoms with Crippen molar-refractivity contribution in [3.05, 3.63) is 58.7 Å². The molecule has 0 atom stereocenters. The SMILES string of the molecule is Cc1cc(C)c(NC(=O)c2cccc(NC(N)=O)c2)c(C)c1. The normalized spacial score (nSPS) is 10.1. The highest BCUT2D eigenvalue weighted by Gasteiger charge is 2.11. The van der Waals surface area contributed by atoms with Crippen molar-refractivity contribution in [2.24, 2.45) is 5.73 Å². The fraction of sp³-hybridized carbons (Fsp3) is 0.176. The van der Waals surface area contributed by atoms with Crippen LogP contribution in [0.15, 0.2) is 36.4 Å². The van der Waals surface area contributed by atoms with Crippen LogP contribution in [0.5, 0.6) is 0 Å². The van der Waals surface area contributed by atoms with Gasteiger partial charge >= 0.3 is 6.03 Å². The number of rotatable bonds is 3. The summed E-state index contributed by atoms with van der Waals surface area (Å²) in [6.07, 6.45) is 0. The molecule has 0 aliphatic rings. The van der Waals surface area contributed by atoms with Crippen LogP contribution in [0.4, 0.5) is 16.2 Å². The highest BCUT2D eigenvalue weighted by Crippen LogP contribution is 2.23. The maximum atomic E-state index is 12.4. The number of benzene rings is 2. The second-order valence-corrected chi connectivity index (χ2v) is 5.30. The summed E-state index contributed by atoms with van der Waals surface area (Å²) in [6, 6.07) is 10.0. The Labute approximate surface area is 129 Å². The van der Waals surface area contributed by atoms with Gasteiger partial charge in [-0.1, -0.05) is 23.8 Å². The molecular formula is C17H19N3O2. The van der Waals surface area contributed by atoms with E-state index in [2.05, 4.69) is 10.6 Å². The fourth-order valence-corrected chi connectivity index (χ4v) is 2.44. The number of aryl methyl sites for hydroxylation is 3. The Morgan fingerprint density at radius 3 is 2.18 bits per heavy atom. The third-order valence-corrected chi connectivity index (χ3v) is 3.31. The third kappa shape index (κ3) is 3.63. The molecule has 5 nitrogen and oxygen atoms in total. The van der Waals surface area contributed by atoms with Crippen LogP contribution in [0.3, 0.4) is 0 Å². The van der Waals surface area contributed by atoms with E-state index in [9.17, 15) is 9.59 Å². The summed E-state index contributed by atoms with van der Waals surface area (Å²) < 4.78 is 0. The molecule has 2 aromatic carbocycles. The van der Waals surface area contributed by atoms with Gasteiger partial charge in [0.25, 0.3) is 5.91 Å². The van der Waals surface area contributed by atoms with Crippen LogP contribution in [0.25, 0.3) is 0 Å². The van der Waals surface area contributed by atoms with Crippen LogP contribution in [0, 0.1) is 20.8 Å². The zero-order valence-corrected chi connectivity index (χ0v) is 12.9. The van der Waals surface area contributed by atoms with Gasteiger partial charge in [-0.2, -0.15) is 0 Å². The predicted molar refractivity (Wildman–Crippen MR) is 88.3 cm³/mol. The van der Waals surface area contributed by atoms with Gasteiger partial charge in [-0.3, -0.25) is 4.79 Å². The first-order chi connectivity index (χ1) is 10.4. The summed E-state index contributed by atoms with van der Waals surface area (Å²) >= 11 is 0. The monoisotopic (exact) mass is 297 g/mol. The molecule has 0 unspecified atom stereocenters. The fourth-order valence-electron chi connectivity index (χ4n) is 2.44. The summed E-state index contributed by atoms with van der Waals surface area (Å²) in [4.78, 5) is 23.3. The van der Waals surface area contributed by atoms with E-state index in [1.807, 2.05) is 32.9 Å². The van der Waals surface area contributed by atoms with E-state index in [-0.39, 0.29) is 5.91 Å². The van der Waals surface area contributed by atoms with Crippen LogP contribution in [0.1, 0.15) is 27.0 Å². The van der Waals surface area contributed by atoms with Crippen LogP contribution >= 0.6 is 0 Å². The first-order valence-corrected chi connectivity index (χ1v) is 6.92. The number of hydrogen-bond donors (Lipinski definition) is 3. The van der Waals surface area contributed by atoms with Crippen LogP contribution < -0.4 is 16.4 Å². The molecule has 0 saturated carbocycles. The molecule has 0 fully saturated rings. The average Bonchev–Trinajstić information content (AvgIpc) is 2.42. The molecule has 0 aromatic heterocycles. The van der Waals surface area contributed by atoms with Crippen molar-refractivity contribution in [3.63, 3.8) is 0 Å². The van der Waals surface area contributed by atoms with Crippen molar-refractivity contribution in [1.29, 1.82) is 0 Å². The Hall–Kier alpha value is -2.82. The van der Waals surface area contributed by atoms with Gasteiger partial charge < -0.3 is 16.4 Å². The molecule has 22 heavy (non-hydrogen) atoms. The van der Waals surface area contributed by atoms with Crippen LogP contribution in [-0.4, -0.2) is 11.9 Å². The largest absolute Gasteiger partial charge is 0.351 e. The minimum absolute atomic E-state index is 0.233. The number of primary amides is 1. The molecule has 114 valence electrons. The summed E-state index contributed by atoms with van der Waals surface area (Å²) in [5.74, 6) is -0.233. The number of nitrogens with one attached hydrogen (secondary N) is 2. The van der Waals surface area contributed by atoms with E-state index < -0.39 is 6.03 Å². The van der Waals surface area contributed by atoms with E-state index in [1.165, 1.54) is 0 Å². The molecule has 2 aromatic rings. The van der Waals surface area contributed by atoms with Gasteiger partial charge in [-0.25, -0.2) is 4.79 Å². The zero-order valence-electron chi connectivity index (χ0n) is 12.9. The van der Waals surface area contributed by atoms with E-state index in [4.69, 9.17) is 5.73 Å². The summed E-state index contributed by atoms with van der Waals surface area (Å²) in [7, 11) is 0. The van der Waals surface area contributed by atoms with Gasteiger partial charge in [-0.05, 0) is 50.1 Å². The number of carbonyl (C=O) groups is 2. The number of amides is 3. The Morgan fingerprint density at radius 2 is 1.59 bits per heavy atom. The molecule has 0 saturated heterocycles. The van der Waals surface area contributed by atoms with Crippen molar-refractivity contribution < 1.29 is 9.59 Å². The van der Waals surface area contributed by atoms with Crippen LogP contribution in [-0.2, 0) is 0 Å². The quantitative estimate of drug-likeness (QED) is 0.811. The lowest BCUT2D eigenvalue weighted by molar-refractivity contribution is 0.102. The van der Waals surface area contributed by atoms with Crippen molar-refractivity contribution in [2.75, 3.05) is 10.6 Å². The Bertz CT molecular complexity index is 715. The van der Waals surface area contributed by atoms with E-state index >= 15 is 0 Å². The van der Waals surface area contributed by atoms with E-state index in [0.29, 0.717) is 11.3 Å². The van der Waals surface area contributed by atoms with Gasteiger partial charge in [0.05, 0.1) is 0 Å². The minimum atomic E-state index is -0.664.